The maximum absolute atomic E-state index is 11.9. The molecule has 1 aliphatic rings. The van der Waals surface area contributed by atoms with Crippen molar-refractivity contribution in [3.05, 3.63) is 24.1 Å². The number of fused-ring (bicyclic) bond motifs is 1. The van der Waals surface area contributed by atoms with Gasteiger partial charge in [0, 0.05) is 19.0 Å². The second-order valence-corrected chi connectivity index (χ2v) is 5.03. The van der Waals surface area contributed by atoms with E-state index < -0.39 is 0 Å². The predicted molar refractivity (Wildman–Crippen MR) is 73.0 cm³/mol. The van der Waals surface area contributed by atoms with Gasteiger partial charge in [-0.05, 0) is 43.6 Å². The smallest absolute Gasteiger partial charge is 0.224 e. The summed E-state index contributed by atoms with van der Waals surface area (Å²) < 4.78 is 5.40. The molecule has 1 atom stereocenters. The van der Waals surface area contributed by atoms with Gasteiger partial charge in [0.2, 0.25) is 5.91 Å². The van der Waals surface area contributed by atoms with Crippen molar-refractivity contribution in [2.75, 3.05) is 18.4 Å². The number of nitrogens with zero attached hydrogens (tertiary/aromatic N) is 1. The second-order valence-electron chi connectivity index (χ2n) is 5.03. The molecule has 19 heavy (non-hydrogen) atoms. The molecule has 0 bridgehead atoms. The Morgan fingerprint density at radius 2 is 2.47 bits per heavy atom. The number of nitrogens with one attached hydrogen (secondary N) is 2. The van der Waals surface area contributed by atoms with Gasteiger partial charge in [0.15, 0.2) is 11.5 Å². The molecule has 1 aliphatic heterocycles. The van der Waals surface area contributed by atoms with Gasteiger partial charge in [-0.2, -0.15) is 0 Å². The number of carbonyl (C=O) groups excluding carboxylic acids is 1. The van der Waals surface area contributed by atoms with Crippen molar-refractivity contribution in [1.82, 2.24) is 10.3 Å². The first-order valence-electron chi connectivity index (χ1n) is 6.58. The summed E-state index contributed by atoms with van der Waals surface area (Å²) in [6, 6.07) is 5.52. The molecule has 3 rings (SSSR count). The van der Waals surface area contributed by atoms with Crippen LogP contribution < -0.4 is 10.6 Å². The first-order chi connectivity index (χ1) is 9.20. The van der Waals surface area contributed by atoms with Crippen LogP contribution in [0.25, 0.3) is 11.1 Å². The van der Waals surface area contributed by atoms with E-state index in [9.17, 15) is 4.79 Å². The Bertz CT molecular complexity index is 600. The average molecular weight is 259 g/mol. The first-order valence-corrected chi connectivity index (χ1v) is 6.58. The maximum atomic E-state index is 11.9. The summed E-state index contributed by atoms with van der Waals surface area (Å²) in [5.74, 6) is 1.15. The zero-order valence-corrected chi connectivity index (χ0v) is 10.9. The number of amides is 1. The highest BCUT2D eigenvalue weighted by atomic mass is 16.3. The van der Waals surface area contributed by atoms with Gasteiger partial charge < -0.3 is 15.1 Å². The monoisotopic (exact) mass is 259 g/mol. The van der Waals surface area contributed by atoms with Gasteiger partial charge in [0.05, 0.1) is 0 Å². The van der Waals surface area contributed by atoms with Crippen LogP contribution >= 0.6 is 0 Å². The third kappa shape index (κ3) is 2.76. The lowest BCUT2D eigenvalue weighted by molar-refractivity contribution is -0.116. The predicted octanol–water partition coefficient (Wildman–Crippen LogP) is 2.07. The number of anilines is 1. The molecule has 0 radical (unpaired) electrons. The fourth-order valence-corrected chi connectivity index (χ4v) is 2.48. The third-order valence-corrected chi connectivity index (χ3v) is 3.41. The van der Waals surface area contributed by atoms with Crippen LogP contribution in [0.5, 0.6) is 0 Å². The van der Waals surface area contributed by atoms with Crippen LogP contribution in [-0.4, -0.2) is 24.0 Å². The summed E-state index contributed by atoms with van der Waals surface area (Å²) in [4.78, 5) is 16.2. The van der Waals surface area contributed by atoms with E-state index in [0.717, 1.165) is 36.3 Å². The molecule has 1 aromatic carbocycles. The molecule has 0 aliphatic carbocycles. The van der Waals surface area contributed by atoms with Gasteiger partial charge in [0.1, 0.15) is 5.52 Å². The number of aromatic nitrogens is 1. The Kier molecular flexibility index (Phi) is 3.21. The minimum Gasteiger partial charge on any atom is -0.441 e. The molecular weight excluding hydrogens is 242 g/mol. The lowest BCUT2D eigenvalue weighted by Crippen LogP contribution is -2.18. The molecule has 5 nitrogen and oxygen atoms in total. The molecule has 0 saturated carbocycles. The molecule has 1 fully saturated rings. The maximum Gasteiger partial charge on any atom is 0.224 e. The standard InChI is InChI=1S/C14H17N3O2/c1-9-16-12-7-11(2-3-13(12)19-9)17-14(18)6-10-4-5-15-8-10/h2-3,7,10,15H,4-6,8H2,1H3,(H,17,18). The number of hydrogen-bond donors (Lipinski definition) is 2. The summed E-state index contributed by atoms with van der Waals surface area (Å²) in [6.45, 7) is 3.77. The minimum absolute atomic E-state index is 0.0632. The van der Waals surface area contributed by atoms with Crippen LogP contribution in [0.15, 0.2) is 22.6 Å². The van der Waals surface area contributed by atoms with E-state index in [1.807, 2.05) is 25.1 Å². The van der Waals surface area contributed by atoms with Crippen molar-refractivity contribution in [2.45, 2.75) is 19.8 Å². The van der Waals surface area contributed by atoms with Crippen LogP contribution in [-0.2, 0) is 4.79 Å². The van der Waals surface area contributed by atoms with Gasteiger partial charge in [0.25, 0.3) is 0 Å². The van der Waals surface area contributed by atoms with Gasteiger partial charge in [-0.1, -0.05) is 0 Å². The van der Waals surface area contributed by atoms with Crippen molar-refractivity contribution in [1.29, 1.82) is 0 Å². The minimum atomic E-state index is 0.0632. The number of rotatable bonds is 3. The topological polar surface area (TPSA) is 67.2 Å². The number of benzene rings is 1. The number of aryl methyl sites for hydroxylation is 1. The normalized spacial score (nSPS) is 18.9. The van der Waals surface area contributed by atoms with Gasteiger partial charge in [-0.25, -0.2) is 4.98 Å². The number of oxazole rings is 1. The molecule has 2 aromatic rings. The lowest BCUT2D eigenvalue weighted by atomic mass is 10.0. The number of carbonyl (C=O) groups is 1. The van der Waals surface area contributed by atoms with E-state index in [1.54, 1.807) is 0 Å². The summed E-state index contributed by atoms with van der Waals surface area (Å²) in [7, 11) is 0. The van der Waals surface area contributed by atoms with Crippen LogP contribution in [0.2, 0.25) is 0 Å². The zero-order valence-electron chi connectivity index (χ0n) is 10.9. The van der Waals surface area contributed by atoms with E-state index in [-0.39, 0.29) is 5.91 Å². The molecule has 1 aromatic heterocycles. The summed E-state index contributed by atoms with van der Waals surface area (Å²) in [5.41, 5.74) is 2.30. The highest BCUT2D eigenvalue weighted by molar-refractivity contribution is 5.92. The molecule has 100 valence electrons. The largest absolute Gasteiger partial charge is 0.441 e. The van der Waals surface area contributed by atoms with Gasteiger partial charge in [-0.15, -0.1) is 0 Å². The van der Waals surface area contributed by atoms with Crippen molar-refractivity contribution in [3.63, 3.8) is 0 Å². The Labute approximate surface area is 111 Å². The molecule has 2 N–H and O–H groups in total. The van der Waals surface area contributed by atoms with E-state index >= 15 is 0 Å². The summed E-state index contributed by atoms with van der Waals surface area (Å²) in [6.07, 6.45) is 1.65. The highest BCUT2D eigenvalue weighted by Crippen LogP contribution is 2.20. The molecule has 1 unspecified atom stereocenters. The molecule has 1 saturated heterocycles. The van der Waals surface area contributed by atoms with E-state index in [0.29, 0.717) is 18.2 Å². The fraction of sp³-hybridized carbons (Fsp3) is 0.429. The van der Waals surface area contributed by atoms with Crippen molar-refractivity contribution in [2.24, 2.45) is 5.92 Å². The Morgan fingerprint density at radius 1 is 1.58 bits per heavy atom. The van der Waals surface area contributed by atoms with Crippen LogP contribution in [0.1, 0.15) is 18.7 Å². The Balaban J connectivity index is 1.68. The summed E-state index contributed by atoms with van der Waals surface area (Å²) >= 11 is 0. The number of hydrogen-bond acceptors (Lipinski definition) is 4. The second kappa shape index (κ2) is 5.01. The van der Waals surface area contributed by atoms with Crippen molar-refractivity contribution in [3.8, 4) is 0 Å². The molecular formula is C14H17N3O2. The van der Waals surface area contributed by atoms with Crippen molar-refractivity contribution < 1.29 is 9.21 Å². The molecule has 5 heteroatoms. The molecule has 0 spiro atoms. The zero-order chi connectivity index (χ0) is 13.2. The summed E-state index contributed by atoms with van der Waals surface area (Å²) in [5, 5.41) is 6.19. The fourth-order valence-electron chi connectivity index (χ4n) is 2.48. The Hall–Kier alpha value is -1.88. The Morgan fingerprint density at radius 3 is 3.26 bits per heavy atom. The lowest BCUT2D eigenvalue weighted by Gasteiger charge is -2.08. The average Bonchev–Trinajstić information content (AvgIpc) is 2.96. The first kappa shape index (κ1) is 12.2. The van der Waals surface area contributed by atoms with Crippen molar-refractivity contribution >= 4 is 22.7 Å². The van der Waals surface area contributed by atoms with Crippen LogP contribution in [0, 0.1) is 12.8 Å². The van der Waals surface area contributed by atoms with Gasteiger partial charge in [-0.3, -0.25) is 4.79 Å². The van der Waals surface area contributed by atoms with E-state index in [1.165, 1.54) is 0 Å². The molecule has 1 amide bonds. The highest BCUT2D eigenvalue weighted by Gasteiger charge is 2.18. The van der Waals surface area contributed by atoms with Gasteiger partial charge >= 0.3 is 0 Å². The van der Waals surface area contributed by atoms with Crippen LogP contribution in [0.3, 0.4) is 0 Å². The van der Waals surface area contributed by atoms with E-state index in [2.05, 4.69) is 15.6 Å². The SMILES string of the molecule is Cc1nc2cc(NC(=O)CC3CCNC3)ccc2o1. The van der Waals surface area contributed by atoms with E-state index in [4.69, 9.17) is 4.42 Å². The molecule has 2 heterocycles. The third-order valence-electron chi connectivity index (χ3n) is 3.41. The quantitative estimate of drug-likeness (QED) is 0.885. The van der Waals surface area contributed by atoms with Crippen LogP contribution in [0.4, 0.5) is 5.69 Å².